The zero-order valence-electron chi connectivity index (χ0n) is 14.7. The lowest BCUT2D eigenvalue weighted by molar-refractivity contribution is -0.122. The van der Waals surface area contributed by atoms with Crippen molar-refractivity contribution in [1.29, 1.82) is 0 Å². The van der Waals surface area contributed by atoms with Crippen molar-refractivity contribution in [1.82, 2.24) is 9.62 Å². The molecule has 1 atom stereocenters. The number of hydrogen-bond donors (Lipinski definition) is 1. The van der Waals surface area contributed by atoms with Gasteiger partial charge in [0.1, 0.15) is 0 Å². The van der Waals surface area contributed by atoms with Gasteiger partial charge in [-0.05, 0) is 30.5 Å². The third-order valence-corrected chi connectivity index (χ3v) is 6.64. The van der Waals surface area contributed by atoms with E-state index in [1.54, 1.807) is 30.3 Å². The molecule has 0 bridgehead atoms. The van der Waals surface area contributed by atoms with Crippen LogP contribution in [0.4, 0.5) is 0 Å². The van der Waals surface area contributed by atoms with Crippen molar-refractivity contribution in [2.75, 3.05) is 6.54 Å². The van der Waals surface area contributed by atoms with E-state index in [0.29, 0.717) is 19.5 Å². The number of nitrogens with one attached hydrogen (secondary N) is 1. The topological polar surface area (TPSA) is 66.5 Å². The van der Waals surface area contributed by atoms with Crippen molar-refractivity contribution in [2.45, 2.75) is 43.2 Å². The first-order valence-corrected chi connectivity index (χ1v) is 10.4. The molecule has 1 aliphatic heterocycles. The maximum atomic E-state index is 13.0. The van der Waals surface area contributed by atoms with E-state index in [0.717, 1.165) is 18.4 Å². The van der Waals surface area contributed by atoms with Crippen LogP contribution in [0.3, 0.4) is 0 Å². The number of carbonyl (C=O) groups excluding carboxylic acids is 1. The maximum absolute atomic E-state index is 13.0. The molecule has 0 spiro atoms. The minimum absolute atomic E-state index is 0.117. The van der Waals surface area contributed by atoms with Gasteiger partial charge in [0.05, 0.1) is 4.90 Å². The second-order valence-corrected chi connectivity index (χ2v) is 8.44. The molecule has 1 aliphatic rings. The number of nitrogens with zero attached hydrogens (tertiary/aromatic N) is 1. The average Bonchev–Trinajstić information content (AvgIpc) is 2.68. The molecule has 0 saturated carbocycles. The van der Waals surface area contributed by atoms with Crippen LogP contribution in [-0.4, -0.2) is 31.2 Å². The fraction of sp³-hybridized carbons (Fsp3) is 0.350. The van der Waals surface area contributed by atoms with Crippen LogP contribution in [0.15, 0.2) is 65.6 Å². The number of hydrogen-bond acceptors (Lipinski definition) is 3. The maximum Gasteiger partial charge on any atom is 0.243 e. The summed E-state index contributed by atoms with van der Waals surface area (Å²) in [5.74, 6) is -0.117. The summed E-state index contributed by atoms with van der Waals surface area (Å²) in [6, 6.07) is 17.9. The molecule has 1 N–H and O–H groups in total. The highest BCUT2D eigenvalue weighted by atomic mass is 32.2. The molecule has 0 unspecified atom stereocenters. The highest BCUT2D eigenvalue weighted by Crippen LogP contribution is 2.27. The average molecular weight is 372 g/mol. The van der Waals surface area contributed by atoms with Gasteiger partial charge in [-0.2, -0.15) is 4.31 Å². The molecule has 6 heteroatoms. The van der Waals surface area contributed by atoms with Gasteiger partial charge < -0.3 is 5.32 Å². The van der Waals surface area contributed by atoms with Crippen LogP contribution in [0.1, 0.15) is 31.2 Å². The van der Waals surface area contributed by atoms with Gasteiger partial charge in [0.2, 0.25) is 15.9 Å². The van der Waals surface area contributed by atoms with Crippen LogP contribution in [-0.2, 0) is 21.4 Å². The first kappa shape index (κ1) is 18.6. The summed E-state index contributed by atoms with van der Waals surface area (Å²) in [6.45, 7) is 0.922. The fourth-order valence-corrected chi connectivity index (χ4v) is 5.02. The van der Waals surface area contributed by atoms with Gasteiger partial charge in [0, 0.05) is 25.6 Å². The van der Waals surface area contributed by atoms with Gasteiger partial charge >= 0.3 is 0 Å². The molecule has 3 rings (SSSR count). The Morgan fingerprint density at radius 3 is 2.35 bits per heavy atom. The van der Waals surface area contributed by atoms with E-state index in [2.05, 4.69) is 5.32 Å². The molecule has 1 heterocycles. The number of rotatable bonds is 6. The minimum atomic E-state index is -3.57. The van der Waals surface area contributed by atoms with Crippen molar-refractivity contribution >= 4 is 15.9 Å². The molecule has 0 radical (unpaired) electrons. The van der Waals surface area contributed by atoms with Crippen LogP contribution in [0.25, 0.3) is 0 Å². The Hall–Kier alpha value is -2.18. The van der Waals surface area contributed by atoms with E-state index < -0.39 is 10.0 Å². The Morgan fingerprint density at radius 1 is 1.00 bits per heavy atom. The quantitative estimate of drug-likeness (QED) is 0.848. The summed E-state index contributed by atoms with van der Waals surface area (Å²) in [7, 11) is -3.57. The van der Waals surface area contributed by atoms with E-state index >= 15 is 0 Å². The highest BCUT2D eigenvalue weighted by molar-refractivity contribution is 7.89. The summed E-state index contributed by atoms with van der Waals surface area (Å²) in [4.78, 5) is 12.6. The van der Waals surface area contributed by atoms with Gasteiger partial charge in [-0.15, -0.1) is 0 Å². The number of amides is 1. The molecule has 138 valence electrons. The molecule has 0 aliphatic carbocycles. The predicted molar refractivity (Wildman–Crippen MR) is 101 cm³/mol. The van der Waals surface area contributed by atoms with Gasteiger partial charge in [-0.25, -0.2) is 8.42 Å². The lowest BCUT2D eigenvalue weighted by Gasteiger charge is -2.34. The minimum Gasteiger partial charge on any atom is -0.352 e. The predicted octanol–water partition coefficient (Wildman–Crippen LogP) is 2.94. The lowest BCUT2D eigenvalue weighted by Crippen LogP contribution is -2.45. The van der Waals surface area contributed by atoms with Gasteiger partial charge in [-0.1, -0.05) is 55.0 Å². The van der Waals surface area contributed by atoms with Crippen molar-refractivity contribution in [2.24, 2.45) is 0 Å². The second kappa shape index (κ2) is 8.47. The van der Waals surface area contributed by atoms with Crippen molar-refractivity contribution < 1.29 is 13.2 Å². The third-order valence-electron chi connectivity index (χ3n) is 4.68. The molecule has 5 nitrogen and oxygen atoms in total. The van der Waals surface area contributed by atoms with Gasteiger partial charge in [0.15, 0.2) is 0 Å². The molecular formula is C20H24N2O3S. The summed E-state index contributed by atoms with van der Waals surface area (Å²) < 4.78 is 27.4. The summed E-state index contributed by atoms with van der Waals surface area (Å²) >= 11 is 0. The Morgan fingerprint density at radius 2 is 1.65 bits per heavy atom. The molecule has 1 fully saturated rings. The molecular weight excluding hydrogens is 348 g/mol. The molecule has 0 aromatic heterocycles. The van der Waals surface area contributed by atoms with Gasteiger partial charge in [-0.3, -0.25) is 4.79 Å². The summed E-state index contributed by atoms with van der Waals surface area (Å²) in [5, 5.41) is 2.90. The molecule has 1 saturated heterocycles. The Bertz CT molecular complexity index is 823. The number of benzene rings is 2. The smallest absolute Gasteiger partial charge is 0.243 e. The molecule has 2 aromatic rings. The van der Waals surface area contributed by atoms with Crippen molar-refractivity contribution in [3.8, 4) is 0 Å². The number of piperidine rings is 1. The largest absolute Gasteiger partial charge is 0.352 e. The lowest BCUT2D eigenvalue weighted by atomic mass is 10.0. The van der Waals surface area contributed by atoms with E-state index in [9.17, 15) is 13.2 Å². The number of sulfonamides is 1. The van der Waals surface area contributed by atoms with Crippen molar-refractivity contribution in [3.05, 3.63) is 66.2 Å². The van der Waals surface area contributed by atoms with Crippen LogP contribution < -0.4 is 5.32 Å². The first-order valence-electron chi connectivity index (χ1n) is 8.95. The third kappa shape index (κ3) is 4.51. The summed E-state index contributed by atoms with van der Waals surface area (Å²) in [5.41, 5.74) is 1.03. The normalized spacial score (nSPS) is 18.4. The van der Waals surface area contributed by atoms with Crippen LogP contribution >= 0.6 is 0 Å². The Balaban J connectivity index is 1.66. The second-order valence-electron chi connectivity index (χ2n) is 6.54. The molecule has 2 aromatic carbocycles. The standard InChI is InChI=1S/C20H24N2O3S/c23-20(21-16-17-9-3-1-4-10-17)15-18-11-7-8-14-22(18)26(24,25)19-12-5-2-6-13-19/h1-6,9-10,12-13,18H,7-8,11,14-16H2,(H,21,23)/t18-/m1/s1. The number of carbonyl (C=O) groups is 1. The zero-order chi connectivity index (χ0) is 18.4. The zero-order valence-corrected chi connectivity index (χ0v) is 15.5. The first-order chi connectivity index (χ1) is 12.6. The molecule has 1 amide bonds. The van der Waals surface area contributed by atoms with Crippen LogP contribution in [0.2, 0.25) is 0 Å². The van der Waals surface area contributed by atoms with E-state index in [-0.39, 0.29) is 23.3 Å². The SMILES string of the molecule is O=C(C[C@H]1CCCCN1S(=O)(=O)c1ccccc1)NCc1ccccc1. The molecule has 26 heavy (non-hydrogen) atoms. The van der Waals surface area contributed by atoms with E-state index in [4.69, 9.17) is 0 Å². The Kier molecular flexibility index (Phi) is 6.06. The van der Waals surface area contributed by atoms with Gasteiger partial charge in [0.25, 0.3) is 0 Å². The highest BCUT2D eigenvalue weighted by Gasteiger charge is 2.34. The monoisotopic (exact) mass is 372 g/mol. The van der Waals surface area contributed by atoms with E-state index in [1.165, 1.54) is 4.31 Å². The summed E-state index contributed by atoms with van der Waals surface area (Å²) in [6.07, 6.45) is 2.68. The Labute approximate surface area is 155 Å². The fourth-order valence-electron chi connectivity index (χ4n) is 3.31. The van der Waals surface area contributed by atoms with Crippen LogP contribution in [0.5, 0.6) is 0 Å². The van der Waals surface area contributed by atoms with E-state index in [1.807, 2.05) is 30.3 Å². The van der Waals surface area contributed by atoms with Crippen LogP contribution in [0, 0.1) is 0 Å². The van der Waals surface area contributed by atoms with Crippen molar-refractivity contribution in [3.63, 3.8) is 0 Å².